The molecule has 1 amide bonds. The van der Waals surface area contributed by atoms with Gasteiger partial charge in [-0.25, -0.2) is 5.43 Å². The first-order valence-electron chi connectivity index (χ1n) is 7.33. The molecule has 1 N–H and O–H groups in total. The summed E-state index contributed by atoms with van der Waals surface area (Å²) < 4.78 is 0. The first-order valence-corrected chi connectivity index (χ1v) is 8.48. The molecule has 0 unspecified atom stereocenters. The molecule has 7 heteroatoms. The van der Waals surface area contributed by atoms with Gasteiger partial charge in [-0.2, -0.15) is 16.9 Å². The number of rotatable bonds is 8. The fraction of sp³-hybridized carbons (Fsp3) is 0.176. The predicted octanol–water partition coefficient (Wildman–Crippen LogP) is 3.02. The second-order valence-electron chi connectivity index (χ2n) is 4.93. The molecular weight excluding hydrogens is 326 g/mol. The van der Waals surface area contributed by atoms with Crippen molar-refractivity contribution in [3.63, 3.8) is 0 Å². The number of nitrogens with one attached hydrogen (secondary N) is 1. The molecule has 0 aliphatic carbocycles. The van der Waals surface area contributed by atoms with Crippen molar-refractivity contribution in [3.05, 3.63) is 75.8 Å². The minimum Gasteiger partial charge on any atom is -0.272 e. The summed E-state index contributed by atoms with van der Waals surface area (Å²) >= 11 is 1.53. The normalized spacial score (nSPS) is 10.7. The molecule has 6 nitrogen and oxygen atoms in total. The standard InChI is InChI=1S/C17H17N3O3S/c21-17(13-24-10-9-14-5-2-1-3-6-14)19-18-12-15-7-4-8-16(11-15)20(22)23/h1-8,11-12H,9-10,13H2,(H,19,21)/b18-12-. The summed E-state index contributed by atoms with van der Waals surface area (Å²) in [5.41, 5.74) is 4.21. The van der Waals surface area contributed by atoms with E-state index in [4.69, 9.17) is 0 Å². The fourth-order valence-corrected chi connectivity index (χ4v) is 2.70. The summed E-state index contributed by atoms with van der Waals surface area (Å²) in [5, 5.41) is 14.5. The van der Waals surface area contributed by atoms with Crippen LogP contribution in [-0.4, -0.2) is 28.6 Å². The second kappa shape index (κ2) is 9.46. The van der Waals surface area contributed by atoms with Gasteiger partial charge in [0.15, 0.2) is 0 Å². The second-order valence-corrected chi connectivity index (χ2v) is 6.04. The number of carbonyl (C=O) groups excluding carboxylic acids is 1. The van der Waals surface area contributed by atoms with E-state index in [1.807, 2.05) is 18.2 Å². The minimum absolute atomic E-state index is 0.0123. The molecule has 2 rings (SSSR count). The van der Waals surface area contributed by atoms with Crippen LogP contribution in [0.25, 0.3) is 0 Å². The van der Waals surface area contributed by atoms with Crippen LogP contribution in [0.5, 0.6) is 0 Å². The number of amides is 1. The number of nitro groups is 1. The van der Waals surface area contributed by atoms with Crippen molar-refractivity contribution >= 4 is 29.6 Å². The lowest BCUT2D eigenvalue weighted by molar-refractivity contribution is -0.384. The highest BCUT2D eigenvalue weighted by Gasteiger charge is 2.04. The Balaban J connectivity index is 1.69. The number of aryl methyl sites for hydroxylation is 1. The fourth-order valence-electron chi connectivity index (χ4n) is 1.93. The van der Waals surface area contributed by atoms with Crippen LogP contribution in [0.3, 0.4) is 0 Å². The molecule has 0 aliphatic heterocycles. The third kappa shape index (κ3) is 6.21. The number of hydrogen-bond acceptors (Lipinski definition) is 5. The Bertz CT molecular complexity index is 720. The van der Waals surface area contributed by atoms with E-state index in [9.17, 15) is 14.9 Å². The maximum Gasteiger partial charge on any atom is 0.270 e. The number of carbonyl (C=O) groups is 1. The number of non-ortho nitro benzene ring substituents is 1. The highest BCUT2D eigenvalue weighted by Crippen LogP contribution is 2.11. The summed E-state index contributed by atoms with van der Waals surface area (Å²) in [7, 11) is 0. The van der Waals surface area contributed by atoms with Gasteiger partial charge in [0.25, 0.3) is 5.69 Å². The molecule has 0 saturated heterocycles. The van der Waals surface area contributed by atoms with Crippen molar-refractivity contribution in [2.24, 2.45) is 5.10 Å². The first-order chi connectivity index (χ1) is 11.6. The lowest BCUT2D eigenvalue weighted by Crippen LogP contribution is -2.20. The third-order valence-corrected chi connectivity index (χ3v) is 4.05. The van der Waals surface area contributed by atoms with Crippen molar-refractivity contribution in [1.29, 1.82) is 0 Å². The number of thioether (sulfide) groups is 1. The smallest absolute Gasteiger partial charge is 0.270 e. The molecule has 0 fully saturated rings. The van der Waals surface area contributed by atoms with Crippen molar-refractivity contribution in [2.75, 3.05) is 11.5 Å². The Labute approximate surface area is 144 Å². The molecule has 0 aromatic heterocycles. The Morgan fingerprint density at radius 1 is 1.21 bits per heavy atom. The van der Waals surface area contributed by atoms with Crippen LogP contribution in [0.1, 0.15) is 11.1 Å². The molecule has 2 aromatic rings. The molecule has 124 valence electrons. The van der Waals surface area contributed by atoms with Gasteiger partial charge < -0.3 is 0 Å². The predicted molar refractivity (Wildman–Crippen MR) is 96.3 cm³/mol. The number of hydrogen-bond donors (Lipinski definition) is 1. The van der Waals surface area contributed by atoms with E-state index in [1.54, 1.807) is 12.1 Å². The highest BCUT2D eigenvalue weighted by atomic mass is 32.2. The lowest BCUT2D eigenvalue weighted by atomic mass is 10.2. The van der Waals surface area contributed by atoms with E-state index < -0.39 is 4.92 Å². The van der Waals surface area contributed by atoms with Gasteiger partial charge in [0.05, 0.1) is 16.9 Å². The highest BCUT2D eigenvalue weighted by molar-refractivity contribution is 7.99. The molecule has 0 saturated carbocycles. The number of nitro benzene ring substituents is 1. The monoisotopic (exact) mass is 343 g/mol. The third-order valence-electron chi connectivity index (χ3n) is 3.09. The molecule has 0 radical (unpaired) electrons. The van der Waals surface area contributed by atoms with E-state index in [2.05, 4.69) is 22.7 Å². The zero-order valence-electron chi connectivity index (χ0n) is 12.9. The SMILES string of the molecule is O=C(CSCCc1ccccc1)N/N=C\c1cccc([N+](=O)[O-])c1. The van der Waals surface area contributed by atoms with Gasteiger partial charge >= 0.3 is 0 Å². The molecular formula is C17H17N3O3S. The van der Waals surface area contributed by atoms with Crippen molar-refractivity contribution < 1.29 is 9.72 Å². The topological polar surface area (TPSA) is 84.6 Å². The molecule has 0 heterocycles. The van der Waals surface area contributed by atoms with Crippen molar-refractivity contribution in [1.82, 2.24) is 5.43 Å². The lowest BCUT2D eigenvalue weighted by Gasteiger charge is -2.01. The van der Waals surface area contributed by atoms with E-state index in [0.29, 0.717) is 11.3 Å². The van der Waals surface area contributed by atoms with Crippen molar-refractivity contribution in [2.45, 2.75) is 6.42 Å². The van der Waals surface area contributed by atoms with Crippen LogP contribution in [0.2, 0.25) is 0 Å². The maximum atomic E-state index is 11.7. The Morgan fingerprint density at radius 3 is 2.75 bits per heavy atom. The number of hydrazone groups is 1. The van der Waals surface area contributed by atoms with E-state index in [-0.39, 0.29) is 11.6 Å². The molecule has 0 atom stereocenters. The number of benzene rings is 2. The van der Waals surface area contributed by atoms with Crippen LogP contribution >= 0.6 is 11.8 Å². The zero-order chi connectivity index (χ0) is 17.2. The Kier molecular flexibility index (Phi) is 6.97. The number of nitrogens with zero attached hydrogens (tertiary/aromatic N) is 2. The van der Waals surface area contributed by atoms with Crippen LogP contribution in [0.15, 0.2) is 59.7 Å². The van der Waals surface area contributed by atoms with E-state index >= 15 is 0 Å². The van der Waals surface area contributed by atoms with Crippen molar-refractivity contribution in [3.8, 4) is 0 Å². The van der Waals surface area contributed by atoms with Crippen LogP contribution in [0.4, 0.5) is 5.69 Å². The average Bonchev–Trinajstić information content (AvgIpc) is 2.60. The van der Waals surface area contributed by atoms with Gasteiger partial charge in [-0.3, -0.25) is 14.9 Å². The summed E-state index contributed by atoms with van der Waals surface area (Å²) in [6.45, 7) is 0. The summed E-state index contributed by atoms with van der Waals surface area (Å²) in [5.74, 6) is 0.972. The van der Waals surface area contributed by atoms with Gasteiger partial charge in [0.1, 0.15) is 0 Å². The first kappa shape index (κ1) is 17.7. The summed E-state index contributed by atoms with van der Waals surface area (Å²) in [6.07, 6.45) is 2.30. The quantitative estimate of drug-likeness (QED) is 0.345. The molecule has 24 heavy (non-hydrogen) atoms. The maximum absolute atomic E-state index is 11.7. The van der Waals surface area contributed by atoms with Gasteiger partial charge in [-0.15, -0.1) is 0 Å². The zero-order valence-corrected chi connectivity index (χ0v) is 13.7. The van der Waals surface area contributed by atoms with E-state index in [0.717, 1.165) is 12.2 Å². The summed E-state index contributed by atoms with van der Waals surface area (Å²) in [4.78, 5) is 21.9. The Hall–Kier alpha value is -2.67. The van der Waals surface area contributed by atoms with E-state index in [1.165, 1.54) is 35.7 Å². The Morgan fingerprint density at radius 2 is 2.00 bits per heavy atom. The van der Waals surface area contributed by atoms with Gasteiger partial charge in [-0.1, -0.05) is 42.5 Å². The van der Waals surface area contributed by atoms with Gasteiger partial charge in [0.2, 0.25) is 5.91 Å². The molecule has 0 spiro atoms. The van der Waals surface area contributed by atoms with Crippen LogP contribution < -0.4 is 5.43 Å². The molecule has 2 aromatic carbocycles. The van der Waals surface area contributed by atoms with Crippen LogP contribution in [-0.2, 0) is 11.2 Å². The molecule has 0 aliphatic rings. The van der Waals surface area contributed by atoms with Gasteiger partial charge in [-0.05, 0) is 17.7 Å². The van der Waals surface area contributed by atoms with Gasteiger partial charge in [0, 0.05) is 17.7 Å². The van der Waals surface area contributed by atoms with Crippen LogP contribution in [0, 0.1) is 10.1 Å². The minimum atomic E-state index is -0.473. The molecule has 0 bridgehead atoms. The summed E-state index contributed by atoms with van der Waals surface area (Å²) in [6, 6.07) is 16.1. The largest absolute Gasteiger partial charge is 0.272 e. The average molecular weight is 343 g/mol.